The van der Waals surface area contributed by atoms with Crippen molar-refractivity contribution in [1.29, 1.82) is 5.26 Å². The first kappa shape index (κ1) is 18.1. The van der Waals surface area contributed by atoms with Crippen molar-refractivity contribution in [1.82, 2.24) is 4.72 Å². The van der Waals surface area contributed by atoms with Crippen LogP contribution < -0.4 is 4.72 Å². The summed E-state index contributed by atoms with van der Waals surface area (Å²) in [5.41, 5.74) is 1.99. The lowest BCUT2D eigenvalue weighted by Gasteiger charge is -2.17. The second kappa shape index (κ2) is 8.60. The first-order chi connectivity index (χ1) is 11.5. The molecule has 0 saturated carbocycles. The van der Waals surface area contributed by atoms with Crippen molar-refractivity contribution in [3.8, 4) is 6.07 Å². The summed E-state index contributed by atoms with van der Waals surface area (Å²) in [7, 11) is -3.52. The Balaban J connectivity index is 2.03. The third-order valence-electron chi connectivity index (χ3n) is 3.71. The maximum absolute atomic E-state index is 12.3. The van der Waals surface area contributed by atoms with Crippen LogP contribution in [0.25, 0.3) is 0 Å². The number of hydrogen-bond acceptors (Lipinski definition) is 4. The van der Waals surface area contributed by atoms with Gasteiger partial charge in [0.2, 0.25) is 10.0 Å². The predicted octanol–water partition coefficient (Wildman–Crippen LogP) is 2.14. The number of nitrogens with zero attached hydrogens (tertiary/aromatic N) is 1. The van der Waals surface area contributed by atoms with E-state index in [0.29, 0.717) is 17.5 Å². The summed E-state index contributed by atoms with van der Waals surface area (Å²) < 4.78 is 27.2. The van der Waals surface area contributed by atoms with Gasteiger partial charge >= 0.3 is 0 Å². The fourth-order valence-corrected chi connectivity index (χ4v) is 3.67. The molecule has 0 aliphatic carbocycles. The molecule has 2 N–H and O–H groups in total. The fourth-order valence-electron chi connectivity index (χ4n) is 2.50. The molecule has 0 aromatic heterocycles. The Hall–Kier alpha value is -2.20. The van der Waals surface area contributed by atoms with Crippen molar-refractivity contribution in [3.05, 3.63) is 71.3 Å². The van der Waals surface area contributed by atoms with E-state index in [4.69, 9.17) is 5.26 Å². The van der Waals surface area contributed by atoms with E-state index < -0.39 is 10.0 Å². The highest BCUT2D eigenvalue weighted by atomic mass is 32.2. The van der Waals surface area contributed by atoms with Gasteiger partial charge in [-0.3, -0.25) is 0 Å². The maximum atomic E-state index is 12.3. The standard InChI is InChI=1S/C18H20N2O3S/c19-12-15-5-4-6-16(11-15)14-24(22,23)20-13-18(9-10-21)17-7-2-1-3-8-17/h1-8,11,18,20-21H,9-10,13-14H2. The van der Waals surface area contributed by atoms with Crippen LogP contribution in [0.4, 0.5) is 0 Å². The number of hydrogen-bond donors (Lipinski definition) is 2. The highest BCUT2D eigenvalue weighted by Gasteiger charge is 2.17. The minimum atomic E-state index is -3.52. The third kappa shape index (κ3) is 5.46. The molecule has 2 rings (SSSR count). The molecular formula is C18H20N2O3S. The van der Waals surface area contributed by atoms with Gasteiger partial charge in [-0.25, -0.2) is 13.1 Å². The van der Waals surface area contributed by atoms with Crippen LogP contribution in [0.1, 0.15) is 29.0 Å². The average Bonchev–Trinajstić information content (AvgIpc) is 2.59. The van der Waals surface area contributed by atoms with Crippen LogP contribution in [0.15, 0.2) is 54.6 Å². The second-order valence-corrected chi connectivity index (χ2v) is 7.35. The Morgan fingerprint density at radius 3 is 2.54 bits per heavy atom. The normalized spacial score (nSPS) is 12.5. The SMILES string of the molecule is N#Cc1cccc(CS(=O)(=O)NCC(CCO)c2ccccc2)c1. The summed E-state index contributed by atoms with van der Waals surface area (Å²) >= 11 is 0. The molecule has 24 heavy (non-hydrogen) atoms. The number of aliphatic hydroxyl groups is 1. The molecule has 0 saturated heterocycles. The van der Waals surface area contributed by atoms with Gasteiger partial charge in [-0.15, -0.1) is 0 Å². The molecule has 0 heterocycles. The predicted molar refractivity (Wildman–Crippen MR) is 92.7 cm³/mol. The van der Waals surface area contributed by atoms with E-state index in [1.165, 1.54) is 0 Å². The molecule has 2 aromatic carbocycles. The van der Waals surface area contributed by atoms with Gasteiger partial charge in [-0.2, -0.15) is 5.26 Å². The summed E-state index contributed by atoms with van der Waals surface area (Å²) in [6, 6.07) is 18.1. The van der Waals surface area contributed by atoms with Crippen LogP contribution in [-0.4, -0.2) is 26.7 Å². The quantitative estimate of drug-likeness (QED) is 0.768. The molecule has 0 spiro atoms. The van der Waals surface area contributed by atoms with Crippen molar-refractivity contribution >= 4 is 10.0 Å². The van der Waals surface area contributed by atoms with E-state index in [2.05, 4.69) is 4.72 Å². The molecular weight excluding hydrogens is 324 g/mol. The van der Waals surface area contributed by atoms with E-state index in [1.807, 2.05) is 36.4 Å². The van der Waals surface area contributed by atoms with Crippen LogP contribution in [0, 0.1) is 11.3 Å². The van der Waals surface area contributed by atoms with Gasteiger partial charge in [0, 0.05) is 13.2 Å². The lowest BCUT2D eigenvalue weighted by molar-refractivity contribution is 0.275. The van der Waals surface area contributed by atoms with Crippen LogP contribution in [0.3, 0.4) is 0 Å². The first-order valence-corrected chi connectivity index (χ1v) is 9.31. The zero-order valence-electron chi connectivity index (χ0n) is 13.2. The molecule has 1 atom stereocenters. The summed E-state index contributed by atoms with van der Waals surface area (Å²) in [4.78, 5) is 0. The summed E-state index contributed by atoms with van der Waals surface area (Å²) in [5.74, 6) is -0.264. The number of benzene rings is 2. The topological polar surface area (TPSA) is 90.2 Å². The highest BCUT2D eigenvalue weighted by Crippen LogP contribution is 2.19. The Bertz CT molecular complexity index is 799. The van der Waals surface area contributed by atoms with Crippen molar-refractivity contribution in [2.75, 3.05) is 13.2 Å². The van der Waals surface area contributed by atoms with Gasteiger partial charge in [0.25, 0.3) is 0 Å². The Morgan fingerprint density at radius 1 is 1.12 bits per heavy atom. The summed E-state index contributed by atoms with van der Waals surface area (Å²) in [6.07, 6.45) is 0.483. The Kier molecular flexibility index (Phi) is 6.50. The van der Waals surface area contributed by atoms with Crippen LogP contribution in [0.2, 0.25) is 0 Å². The van der Waals surface area contributed by atoms with Gasteiger partial charge in [0.05, 0.1) is 17.4 Å². The highest BCUT2D eigenvalue weighted by molar-refractivity contribution is 7.88. The number of nitrogens with one attached hydrogen (secondary N) is 1. The summed E-state index contributed by atoms with van der Waals surface area (Å²) in [6.45, 7) is 0.219. The van der Waals surface area contributed by atoms with Crippen molar-refractivity contribution in [2.24, 2.45) is 0 Å². The minimum Gasteiger partial charge on any atom is -0.396 e. The van der Waals surface area contributed by atoms with Gasteiger partial charge in [-0.05, 0) is 35.6 Å². The van der Waals surface area contributed by atoms with Crippen LogP contribution >= 0.6 is 0 Å². The van der Waals surface area contributed by atoms with Crippen LogP contribution in [-0.2, 0) is 15.8 Å². The number of sulfonamides is 1. The number of aliphatic hydroxyl groups excluding tert-OH is 1. The molecule has 1 unspecified atom stereocenters. The molecule has 2 aromatic rings. The zero-order chi connectivity index (χ0) is 17.4. The molecule has 6 heteroatoms. The van der Waals surface area contributed by atoms with Gasteiger partial charge < -0.3 is 5.11 Å². The molecule has 126 valence electrons. The van der Waals surface area contributed by atoms with E-state index in [1.54, 1.807) is 24.3 Å². The van der Waals surface area contributed by atoms with E-state index in [0.717, 1.165) is 5.56 Å². The molecule has 0 fully saturated rings. The number of nitriles is 1. The van der Waals surface area contributed by atoms with Gasteiger partial charge in [0.15, 0.2) is 0 Å². The van der Waals surface area contributed by atoms with Crippen LogP contribution in [0.5, 0.6) is 0 Å². The summed E-state index contributed by atoms with van der Waals surface area (Å²) in [5, 5.41) is 18.1. The smallest absolute Gasteiger partial charge is 0.215 e. The Morgan fingerprint density at radius 2 is 1.88 bits per heavy atom. The van der Waals surface area contributed by atoms with Crippen molar-refractivity contribution < 1.29 is 13.5 Å². The van der Waals surface area contributed by atoms with Gasteiger partial charge in [0.1, 0.15) is 0 Å². The molecule has 0 aliphatic heterocycles. The molecule has 0 bridgehead atoms. The fraction of sp³-hybridized carbons (Fsp3) is 0.278. The van der Waals surface area contributed by atoms with Gasteiger partial charge in [-0.1, -0.05) is 42.5 Å². The Labute approximate surface area is 142 Å². The first-order valence-electron chi connectivity index (χ1n) is 7.66. The molecule has 5 nitrogen and oxygen atoms in total. The minimum absolute atomic E-state index is 0.00843. The molecule has 0 amide bonds. The lowest BCUT2D eigenvalue weighted by atomic mass is 9.96. The number of rotatable bonds is 8. The van der Waals surface area contributed by atoms with E-state index in [9.17, 15) is 13.5 Å². The zero-order valence-corrected chi connectivity index (χ0v) is 14.0. The largest absolute Gasteiger partial charge is 0.396 e. The van der Waals surface area contributed by atoms with E-state index >= 15 is 0 Å². The van der Waals surface area contributed by atoms with Crippen molar-refractivity contribution in [3.63, 3.8) is 0 Å². The van der Waals surface area contributed by atoms with E-state index in [-0.39, 0.29) is 24.8 Å². The maximum Gasteiger partial charge on any atom is 0.215 e. The molecule has 0 radical (unpaired) electrons. The second-order valence-electron chi connectivity index (χ2n) is 5.54. The molecule has 0 aliphatic rings. The average molecular weight is 344 g/mol. The third-order valence-corrected chi connectivity index (χ3v) is 5.03. The van der Waals surface area contributed by atoms with Crippen molar-refractivity contribution in [2.45, 2.75) is 18.1 Å². The lowest BCUT2D eigenvalue weighted by Crippen LogP contribution is -2.30. The monoisotopic (exact) mass is 344 g/mol.